The number of aliphatic hydroxyl groups is 1. The second-order valence-electron chi connectivity index (χ2n) is 5.10. The summed E-state index contributed by atoms with van der Waals surface area (Å²) in [6.07, 6.45) is -15.0. The summed E-state index contributed by atoms with van der Waals surface area (Å²) in [6.45, 7) is 3.76. The Morgan fingerprint density at radius 3 is 1.80 bits per heavy atom. The molecule has 0 aromatic carbocycles. The molecule has 1 unspecified atom stereocenters. The average molecular weight is 311 g/mol. The minimum Gasteiger partial charge on any atom is -0.394 e. The van der Waals surface area contributed by atoms with Crippen LogP contribution in [0.5, 0.6) is 0 Å². The van der Waals surface area contributed by atoms with Gasteiger partial charge in [0.1, 0.15) is 0 Å². The van der Waals surface area contributed by atoms with Gasteiger partial charge in [0.2, 0.25) is 6.10 Å². The number of aliphatic hydroxyl groups excluding tert-OH is 1. The first-order valence-electron chi connectivity index (χ1n) is 5.95. The fourth-order valence-corrected chi connectivity index (χ4v) is 1.67. The van der Waals surface area contributed by atoms with E-state index in [-0.39, 0.29) is 12.5 Å². The van der Waals surface area contributed by atoms with Crippen molar-refractivity contribution in [2.45, 2.75) is 57.2 Å². The lowest BCUT2D eigenvalue weighted by Crippen LogP contribution is -2.51. The number of hydrogen-bond donors (Lipinski definition) is 2. The topological polar surface area (TPSA) is 41.5 Å². The van der Waals surface area contributed by atoms with Crippen LogP contribution in [-0.2, 0) is 4.74 Å². The highest BCUT2D eigenvalue weighted by molar-refractivity contribution is 4.84. The normalized spacial score (nSPS) is 16.8. The molecular formula is C11H19F6NO2. The van der Waals surface area contributed by atoms with E-state index in [2.05, 4.69) is 10.1 Å². The number of rotatable bonds is 7. The number of alkyl halides is 6. The Kier molecular flexibility index (Phi) is 6.76. The molecule has 1 atom stereocenters. The number of ether oxygens (including phenoxy) is 1. The zero-order chi connectivity index (χ0) is 16.2. The second-order valence-corrected chi connectivity index (χ2v) is 5.10. The maximum Gasteiger partial charge on any atom is 0.423 e. The van der Waals surface area contributed by atoms with Crippen LogP contribution < -0.4 is 5.32 Å². The Hall–Kier alpha value is -0.540. The molecule has 3 nitrogen and oxygen atoms in total. The molecule has 0 aromatic rings. The van der Waals surface area contributed by atoms with Crippen molar-refractivity contribution >= 4 is 0 Å². The molecule has 0 aromatic heterocycles. The first kappa shape index (κ1) is 19.5. The van der Waals surface area contributed by atoms with Crippen molar-refractivity contribution in [1.29, 1.82) is 0 Å². The smallest absolute Gasteiger partial charge is 0.394 e. The van der Waals surface area contributed by atoms with Crippen LogP contribution in [0, 0.1) is 0 Å². The molecule has 0 aliphatic carbocycles. The van der Waals surface area contributed by atoms with Crippen LogP contribution in [0.1, 0.15) is 27.2 Å². The molecule has 0 fully saturated rings. The van der Waals surface area contributed by atoms with E-state index in [1.807, 2.05) is 0 Å². The second kappa shape index (κ2) is 6.95. The van der Waals surface area contributed by atoms with E-state index in [0.29, 0.717) is 0 Å². The highest BCUT2D eigenvalue weighted by Gasteiger charge is 2.58. The van der Waals surface area contributed by atoms with Gasteiger partial charge in [0.15, 0.2) is 0 Å². The Balaban J connectivity index is 4.58. The predicted molar refractivity (Wildman–Crippen MR) is 60.2 cm³/mol. The van der Waals surface area contributed by atoms with Crippen molar-refractivity contribution in [3.05, 3.63) is 0 Å². The van der Waals surface area contributed by atoms with Crippen molar-refractivity contribution in [3.8, 4) is 0 Å². The summed E-state index contributed by atoms with van der Waals surface area (Å²) in [6, 6.07) is -0.0896. The van der Waals surface area contributed by atoms with Crippen LogP contribution >= 0.6 is 0 Å². The molecule has 0 saturated carbocycles. The monoisotopic (exact) mass is 311 g/mol. The molecule has 0 saturated heterocycles. The lowest BCUT2D eigenvalue weighted by molar-refractivity contribution is -0.322. The highest BCUT2D eigenvalue weighted by Crippen LogP contribution is 2.35. The zero-order valence-electron chi connectivity index (χ0n) is 11.4. The highest BCUT2D eigenvalue weighted by atomic mass is 19.4. The number of halogens is 6. The van der Waals surface area contributed by atoms with Crippen LogP contribution in [0.25, 0.3) is 0 Å². The van der Waals surface area contributed by atoms with E-state index >= 15 is 0 Å². The molecule has 20 heavy (non-hydrogen) atoms. The van der Waals surface area contributed by atoms with E-state index in [4.69, 9.17) is 5.11 Å². The number of hydrogen-bond acceptors (Lipinski definition) is 3. The van der Waals surface area contributed by atoms with Gasteiger partial charge < -0.3 is 15.2 Å². The molecule has 0 radical (unpaired) electrons. The molecule has 0 heterocycles. The van der Waals surface area contributed by atoms with Gasteiger partial charge in [-0.3, -0.25) is 0 Å². The molecule has 2 N–H and O–H groups in total. The molecule has 9 heteroatoms. The Labute approximate surface area is 113 Å². The summed E-state index contributed by atoms with van der Waals surface area (Å²) in [5, 5.41) is 12.0. The summed E-state index contributed by atoms with van der Waals surface area (Å²) in [5.41, 5.74) is -1.00. The van der Waals surface area contributed by atoms with Crippen LogP contribution in [-0.4, -0.2) is 48.4 Å². The minimum atomic E-state index is -5.51. The fraction of sp³-hybridized carbons (Fsp3) is 1.00. The van der Waals surface area contributed by atoms with E-state index in [1.165, 1.54) is 6.92 Å². The van der Waals surface area contributed by atoms with Gasteiger partial charge >= 0.3 is 12.4 Å². The van der Waals surface area contributed by atoms with Crippen LogP contribution in [0.2, 0.25) is 0 Å². The SMILES string of the molecule is CC(C)NC(C)(CO)CCOC(C(F)(F)F)C(F)(F)F. The fourth-order valence-electron chi connectivity index (χ4n) is 1.67. The molecule has 0 amide bonds. The van der Waals surface area contributed by atoms with Crippen molar-refractivity contribution < 1.29 is 36.2 Å². The summed E-state index contributed by atoms with van der Waals surface area (Å²) >= 11 is 0. The largest absolute Gasteiger partial charge is 0.423 e. The van der Waals surface area contributed by atoms with Gasteiger partial charge in [-0.15, -0.1) is 0 Å². The molecule has 0 spiro atoms. The third kappa shape index (κ3) is 6.76. The molecule has 122 valence electrons. The van der Waals surface area contributed by atoms with Crippen molar-refractivity contribution in [2.24, 2.45) is 0 Å². The lowest BCUT2D eigenvalue weighted by Gasteiger charge is -2.32. The van der Waals surface area contributed by atoms with Gasteiger partial charge in [0.05, 0.1) is 6.61 Å². The lowest BCUT2D eigenvalue weighted by atomic mass is 9.98. The first-order chi connectivity index (χ1) is 8.82. The third-order valence-corrected chi connectivity index (χ3v) is 2.52. The molecule has 0 aliphatic heterocycles. The van der Waals surface area contributed by atoms with Gasteiger partial charge in [-0.2, -0.15) is 26.3 Å². The van der Waals surface area contributed by atoms with E-state index < -0.39 is 37.2 Å². The van der Waals surface area contributed by atoms with Gasteiger partial charge in [-0.25, -0.2) is 0 Å². The maximum absolute atomic E-state index is 12.2. The summed E-state index contributed by atoms with van der Waals surface area (Å²) in [7, 11) is 0. The molecular weight excluding hydrogens is 292 g/mol. The van der Waals surface area contributed by atoms with Crippen LogP contribution in [0.15, 0.2) is 0 Å². The zero-order valence-corrected chi connectivity index (χ0v) is 11.4. The van der Waals surface area contributed by atoms with Gasteiger partial charge in [-0.05, 0) is 13.3 Å². The van der Waals surface area contributed by atoms with Gasteiger partial charge in [-0.1, -0.05) is 13.8 Å². The average Bonchev–Trinajstić information content (AvgIpc) is 2.19. The van der Waals surface area contributed by atoms with E-state index in [9.17, 15) is 26.3 Å². The van der Waals surface area contributed by atoms with Crippen molar-refractivity contribution in [2.75, 3.05) is 13.2 Å². The summed E-state index contributed by atoms with van der Waals surface area (Å²) in [5.74, 6) is 0. The van der Waals surface area contributed by atoms with Gasteiger partial charge in [0.25, 0.3) is 0 Å². The number of nitrogens with one attached hydrogen (secondary N) is 1. The van der Waals surface area contributed by atoms with Gasteiger partial charge in [0, 0.05) is 18.2 Å². The van der Waals surface area contributed by atoms with Crippen molar-refractivity contribution in [3.63, 3.8) is 0 Å². The standard InChI is InChI=1S/C11H19F6NO2/c1-7(2)18-9(3,6-19)4-5-20-8(10(12,13)14)11(15,16)17/h7-8,18-19H,4-6H2,1-3H3. The van der Waals surface area contributed by atoms with Crippen molar-refractivity contribution in [1.82, 2.24) is 5.32 Å². The van der Waals surface area contributed by atoms with E-state index in [1.54, 1.807) is 13.8 Å². The molecule has 0 aliphatic rings. The molecule has 0 rings (SSSR count). The molecule has 0 bridgehead atoms. The summed E-state index contributed by atoms with van der Waals surface area (Å²) < 4.78 is 77.3. The predicted octanol–water partition coefficient (Wildman–Crippen LogP) is 2.64. The quantitative estimate of drug-likeness (QED) is 0.710. The minimum absolute atomic E-state index is 0.0896. The van der Waals surface area contributed by atoms with E-state index in [0.717, 1.165) is 0 Å². The maximum atomic E-state index is 12.2. The van der Waals surface area contributed by atoms with Crippen LogP contribution in [0.3, 0.4) is 0 Å². The Morgan fingerprint density at radius 1 is 1.05 bits per heavy atom. The van der Waals surface area contributed by atoms with Crippen LogP contribution in [0.4, 0.5) is 26.3 Å². The Morgan fingerprint density at radius 2 is 1.50 bits per heavy atom. The summed E-state index contributed by atoms with van der Waals surface area (Å²) in [4.78, 5) is 0. The third-order valence-electron chi connectivity index (χ3n) is 2.52. The first-order valence-corrected chi connectivity index (χ1v) is 5.95. The Bertz CT molecular complexity index is 278.